The quantitative estimate of drug-likeness (QED) is 0.278. The zero-order chi connectivity index (χ0) is 30.9. The number of fused-ring (bicyclic) bond motifs is 1. The number of nitrogens with zero attached hydrogens (tertiary/aromatic N) is 5. The van der Waals surface area contributed by atoms with E-state index in [1.54, 1.807) is 30.3 Å². The van der Waals surface area contributed by atoms with Crippen molar-refractivity contribution in [2.45, 2.75) is 63.2 Å². The van der Waals surface area contributed by atoms with Crippen LogP contribution in [0, 0.1) is 5.82 Å². The van der Waals surface area contributed by atoms with Crippen molar-refractivity contribution in [2.24, 2.45) is 0 Å². The first-order valence-electron chi connectivity index (χ1n) is 14.1. The lowest BCUT2D eigenvalue weighted by molar-refractivity contribution is 0.109. The third-order valence-electron chi connectivity index (χ3n) is 7.59. The molecule has 0 aliphatic heterocycles. The van der Waals surface area contributed by atoms with Gasteiger partial charge in [0.1, 0.15) is 23.2 Å². The number of hydrogen-bond donors (Lipinski definition) is 2. The predicted molar refractivity (Wildman–Crippen MR) is 164 cm³/mol. The summed E-state index contributed by atoms with van der Waals surface area (Å²) in [5, 5.41) is 3.21. The Hall–Kier alpha value is -3.97. The topological polar surface area (TPSA) is 122 Å². The molecule has 2 heterocycles. The van der Waals surface area contributed by atoms with Crippen LogP contribution in [0.5, 0.6) is 0 Å². The molecular weight excluding hydrogens is 576 g/mol. The molecule has 10 nitrogen and oxygen atoms in total. The van der Waals surface area contributed by atoms with Crippen molar-refractivity contribution in [3.05, 3.63) is 76.5 Å². The number of benzene rings is 2. The molecule has 2 aromatic heterocycles. The molecule has 1 fully saturated rings. The minimum absolute atomic E-state index is 0.0228. The Labute approximate surface area is 249 Å². The lowest BCUT2D eigenvalue weighted by Crippen LogP contribution is -2.44. The summed E-state index contributed by atoms with van der Waals surface area (Å²) in [7, 11) is -0.132. The van der Waals surface area contributed by atoms with Crippen LogP contribution < -0.4 is 15.6 Å². The number of hydrogen-bond acceptors (Lipinski definition) is 8. The summed E-state index contributed by atoms with van der Waals surface area (Å²) < 4.78 is 58.9. The first kappa shape index (κ1) is 30.5. The molecule has 5 rings (SSSR count). The lowest BCUT2D eigenvalue weighted by atomic mass is 9.89. The largest absolute Gasteiger partial charge is 0.351 e. The fourth-order valence-electron chi connectivity index (χ4n) is 5.48. The normalized spacial score (nSPS) is 19.2. The molecule has 3 unspecified atom stereocenters. The van der Waals surface area contributed by atoms with Crippen molar-refractivity contribution in [3.63, 3.8) is 0 Å². The van der Waals surface area contributed by atoms with E-state index in [-0.39, 0.29) is 46.8 Å². The molecule has 1 aliphatic rings. The maximum absolute atomic E-state index is 15.2. The maximum Gasteiger partial charge on any atom is 0.278 e. The van der Waals surface area contributed by atoms with E-state index in [1.807, 2.05) is 32.8 Å². The average molecular weight is 612 g/mol. The van der Waals surface area contributed by atoms with Gasteiger partial charge in [-0.15, -0.1) is 0 Å². The Kier molecular flexibility index (Phi) is 8.74. The van der Waals surface area contributed by atoms with Gasteiger partial charge in [-0.05, 0) is 58.5 Å². The Bertz CT molecular complexity index is 1780. The molecular formula is C30H35F2N7O3S. The number of alkyl halides is 1. The molecule has 43 heavy (non-hydrogen) atoms. The smallest absolute Gasteiger partial charge is 0.278 e. The Morgan fingerprint density at radius 3 is 2.49 bits per heavy atom. The van der Waals surface area contributed by atoms with Crippen molar-refractivity contribution in [1.82, 2.24) is 24.4 Å². The third kappa shape index (κ3) is 6.83. The zero-order valence-electron chi connectivity index (χ0n) is 24.5. The summed E-state index contributed by atoms with van der Waals surface area (Å²) in [5.74, 6) is -0.893. The van der Waals surface area contributed by atoms with E-state index >= 15 is 4.39 Å². The highest BCUT2D eigenvalue weighted by Gasteiger charge is 2.32. The van der Waals surface area contributed by atoms with E-state index in [0.29, 0.717) is 29.6 Å². The van der Waals surface area contributed by atoms with Crippen LogP contribution in [0.15, 0.2) is 59.5 Å². The number of rotatable bonds is 9. The molecule has 3 atom stereocenters. The fraction of sp³-hybridized carbons (Fsp3) is 0.400. The van der Waals surface area contributed by atoms with E-state index in [9.17, 15) is 17.6 Å². The van der Waals surface area contributed by atoms with Crippen LogP contribution >= 0.6 is 0 Å². The van der Waals surface area contributed by atoms with Crippen molar-refractivity contribution >= 4 is 32.8 Å². The van der Waals surface area contributed by atoms with E-state index in [2.05, 4.69) is 25.0 Å². The number of nitrogens with one attached hydrogen (secondary N) is 2. The highest BCUT2D eigenvalue weighted by Crippen LogP contribution is 2.28. The van der Waals surface area contributed by atoms with Crippen molar-refractivity contribution in [2.75, 3.05) is 24.1 Å². The minimum atomic E-state index is -3.88. The summed E-state index contributed by atoms with van der Waals surface area (Å²) in [4.78, 5) is 28.9. The highest BCUT2D eigenvalue weighted by atomic mass is 32.2. The number of halogens is 2. The Balaban J connectivity index is 1.41. The molecule has 13 heteroatoms. The second kappa shape index (κ2) is 12.3. The predicted octanol–water partition coefficient (Wildman–Crippen LogP) is 4.75. The van der Waals surface area contributed by atoms with Crippen molar-refractivity contribution < 1.29 is 17.2 Å². The van der Waals surface area contributed by atoms with Gasteiger partial charge < -0.3 is 10.2 Å². The fourth-order valence-corrected chi connectivity index (χ4v) is 6.68. The molecule has 228 valence electrons. The van der Waals surface area contributed by atoms with Gasteiger partial charge in [-0.2, -0.15) is 4.98 Å². The van der Waals surface area contributed by atoms with Crippen LogP contribution in [0.4, 0.5) is 20.4 Å². The second-order valence-electron chi connectivity index (χ2n) is 11.4. The minimum Gasteiger partial charge on any atom is -0.351 e. The van der Waals surface area contributed by atoms with Crippen LogP contribution in [0.1, 0.15) is 44.7 Å². The highest BCUT2D eigenvalue weighted by molar-refractivity contribution is 7.91. The summed E-state index contributed by atoms with van der Waals surface area (Å²) in [6.07, 6.45) is 2.27. The first-order chi connectivity index (χ1) is 20.4. The molecule has 1 saturated carbocycles. The standard InChI is InChI=1S/C30H35F2N7O3S/c1-18(2)39-28-25(16-33-30(36-28)34-21-11-13-26(38(3)4)23(32)15-21)35-27(29(39)40)20-10-12-24(22(31)14-20)37-43(41,42)17-19-8-6-5-7-9-19/h5-10,12,14,16,18,21,23,26,37H,11,13,15,17H2,1-4H3,(H,33,34,36). The van der Waals surface area contributed by atoms with Crippen LogP contribution in [-0.4, -0.2) is 65.2 Å². The second-order valence-corrected chi connectivity index (χ2v) is 13.1. The molecule has 0 spiro atoms. The first-order valence-corrected chi connectivity index (χ1v) is 15.8. The number of anilines is 2. The van der Waals surface area contributed by atoms with Gasteiger partial charge in [-0.25, -0.2) is 27.2 Å². The van der Waals surface area contributed by atoms with E-state index in [0.717, 1.165) is 12.5 Å². The summed E-state index contributed by atoms with van der Waals surface area (Å²) in [6.45, 7) is 3.64. The van der Waals surface area contributed by atoms with Crippen molar-refractivity contribution in [1.29, 1.82) is 0 Å². The van der Waals surface area contributed by atoms with Gasteiger partial charge in [0, 0.05) is 30.1 Å². The van der Waals surface area contributed by atoms with Gasteiger partial charge >= 0.3 is 0 Å². The van der Waals surface area contributed by atoms with Crippen molar-refractivity contribution in [3.8, 4) is 11.3 Å². The SMILES string of the molecule is CC(C)n1c(=O)c(-c2ccc(NS(=O)(=O)Cc3ccccc3)c(F)c2)nc2cnc(NC3CCC(N(C)C)C(F)C3)nc21. The molecule has 0 saturated heterocycles. The van der Waals surface area contributed by atoms with E-state index in [1.165, 1.54) is 22.9 Å². The van der Waals surface area contributed by atoms with E-state index in [4.69, 9.17) is 0 Å². The van der Waals surface area contributed by atoms with Gasteiger partial charge in [0.05, 0.1) is 17.6 Å². The zero-order valence-corrected chi connectivity index (χ0v) is 25.3. The molecule has 1 aliphatic carbocycles. The van der Waals surface area contributed by atoms with Gasteiger partial charge in [0.15, 0.2) is 5.65 Å². The van der Waals surface area contributed by atoms with Crippen LogP contribution in [0.2, 0.25) is 0 Å². The summed E-state index contributed by atoms with van der Waals surface area (Å²) >= 11 is 0. The molecule has 0 radical (unpaired) electrons. The number of sulfonamides is 1. The maximum atomic E-state index is 15.2. The molecule has 4 aromatic rings. The average Bonchev–Trinajstić information content (AvgIpc) is 2.93. The monoisotopic (exact) mass is 611 g/mol. The molecule has 0 bridgehead atoms. The van der Waals surface area contributed by atoms with Gasteiger partial charge in [0.2, 0.25) is 16.0 Å². The molecule has 2 aromatic carbocycles. The Morgan fingerprint density at radius 2 is 1.84 bits per heavy atom. The van der Waals surface area contributed by atoms with Crippen LogP contribution in [-0.2, 0) is 15.8 Å². The number of aromatic nitrogens is 4. The summed E-state index contributed by atoms with van der Waals surface area (Å²) in [6, 6.07) is 11.8. The Morgan fingerprint density at radius 1 is 1.09 bits per heavy atom. The van der Waals surface area contributed by atoms with Gasteiger partial charge in [-0.3, -0.25) is 14.1 Å². The summed E-state index contributed by atoms with van der Waals surface area (Å²) in [5.41, 5.74) is 0.611. The molecule has 2 N–H and O–H groups in total. The molecule has 0 amide bonds. The lowest BCUT2D eigenvalue weighted by Gasteiger charge is -2.35. The van der Waals surface area contributed by atoms with Crippen LogP contribution in [0.25, 0.3) is 22.4 Å². The van der Waals surface area contributed by atoms with Gasteiger partial charge in [-0.1, -0.05) is 36.4 Å². The van der Waals surface area contributed by atoms with Crippen LogP contribution in [0.3, 0.4) is 0 Å². The van der Waals surface area contributed by atoms with E-state index < -0.39 is 27.6 Å². The third-order valence-corrected chi connectivity index (χ3v) is 8.83. The van der Waals surface area contributed by atoms with Gasteiger partial charge in [0.25, 0.3) is 5.56 Å².